The molecule has 1 atom stereocenters. The molecule has 0 bridgehead atoms. The molecule has 0 saturated heterocycles. The van der Waals surface area contributed by atoms with Crippen molar-refractivity contribution in [3.63, 3.8) is 0 Å². The Bertz CT molecular complexity index is 641. The maximum absolute atomic E-state index is 9.10. The van der Waals surface area contributed by atoms with Crippen LogP contribution in [0.3, 0.4) is 0 Å². The molecule has 0 aliphatic heterocycles. The Balaban J connectivity index is 0. The van der Waals surface area contributed by atoms with E-state index in [0.717, 1.165) is 44.2 Å². The lowest BCUT2D eigenvalue weighted by Crippen LogP contribution is -2.30. The third-order valence-electron chi connectivity index (χ3n) is 4.72. The summed E-state index contributed by atoms with van der Waals surface area (Å²) in [6.45, 7) is 17.2. The second-order valence-electron chi connectivity index (χ2n) is 7.52. The van der Waals surface area contributed by atoms with E-state index in [4.69, 9.17) is 24.5 Å². The van der Waals surface area contributed by atoms with Gasteiger partial charge in [-0.3, -0.25) is 0 Å². The van der Waals surface area contributed by atoms with Crippen molar-refractivity contribution in [1.29, 1.82) is 0 Å². The van der Waals surface area contributed by atoms with Gasteiger partial charge in [0.1, 0.15) is 0 Å². The Kier molecular flexibility index (Phi) is 21.1. The van der Waals surface area contributed by atoms with Gasteiger partial charge in [0.05, 0.1) is 12.4 Å². The largest absolute Gasteiger partial charge is 0.498 e. The van der Waals surface area contributed by atoms with E-state index in [1.165, 1.54) is 25.1 Å². The molecule has 0 aromatic heterocycles. The predicted molar refractivity (Wildman–Crippen MR) is 136 cm³/mol. The van der Waals surface area contributed by atoms with Crippen molar-refractivity contribution in [3.8, 4) is 0 Å². The van der Waals surface area contributed by atoms with E-state index in [2.05, 4.69) is 68.1 Å². The molecule has 1 rings (SSSR count). The lowest BCUT2D eigenvalue weighted by atomic mass is 10.1. The highest BCUT2D eigenvalue weighted by Gasteiger charge is 2.08. The van der Waals surface area contributed by atoms with Gasteiger partial charge in [-0.25, -0.2) is 9.59 Å². The number of ether oxygens (including phenoxy) is 1. The highest BCUT2D eigenvalue weighted by atomic mass is 16.5. The van der Waals surface area contributed by atoms with Gasteiger partial charge in [-0.1, -0.05) is 53.2 Å². The first-order chi connectivity index (χ1) is 15.7. The van der Waals surface area contributed by atoms with Crippen molar-refractivity contribution >= 4 is 11.9 Å². The molecule has 2 N–H and O–H groups in total. The molecule has 1 aliphatic carbocycles. The van der Waals surface area contributed by atoms with Crippen LogP contribution in [-0.2, 0) is 14.3 Å². The number of rotatable bonds is 12. The smallest absolute Gasteiger partial charge is 0.414 e. The minimum absolute atomic E-state index is 0.790. The van der Waals surface area contributed by atoms with E-state index in [1.54, 1.807) is 0 Å². The van der Waals surface area contributed by atoms with Crippen LogP contribution in [0.5, 0.6) is 0 Å². The summed E-state index contributed by atoms with van der Waals surface area (Å²) in [5.74, 6) is -1.80. The molecule has 0 spiro atoms. The minimum atomic E-state index is -1.82. The van der Waals surface area contributed by atoms with Gasteiger partial charge in [-0.15, -0.1) is 0 Å². The van der Waals surface area contributed by atoms with Crippen LogP contribution in [0.1, 0.15) is 67.2 Å². The summed E-state index contributed by atoms with van der Waals surface area (Å²) in [5.41, 5.74) is 1.18. The molecular weight excluding hydrogens is 420 g/mol. The van der Waals surface area contributed by atoms with Crippen LogP contribution in [-0.4, -0.2) is 65.2 Å². The zero-order valence-electron chi connectivity index (χ0n) is 21.7. The molecule has 0 radical (unpaired) electrons. The molecule has 0 aromatic rings. The highest BCUT2D eigenvalue weighted by molar-refractivity contribution is 6.27. The van der Waals surface area contributed by atoms with Gasteiger partial charge in [-0.05, 0) is 56.7 Å². The van der Waals surface area contributed by atoms with Crippen molar-refractivity contribution in [2.75, 3.05) is 33.3 Å². The van der Waals surface area contributed by atoms with Crippen LogP contribution in [0.25, 0.3) is 0 Å². The molecule has 0 amide bonds. The lowest BCUT2D eigenvalue weighted by Gasteiger charge is -2.24. The van der Waals surface area contributed by atoms with Gasteiger partial charge in [0.2, 0.25) is 0 Å². The van der Waals surface area contributed by atoms with Gasteiger partial charge in [0.25, 0.3) is 0 Å². The fraction of sp³-hybridized carbons (Fsp3) is 0.615. The van der Waals surface area contributed by atoms with Crippen molar-refractivity contribution in [2.45, 2.75) is 67.2 Å². The Morgan fingerprint density at radius 3 is 2.33 bits per heavy atom. The first-order valence-corrected chi connectivity index (χ1v) is 12.0. The van der Waals surface area contributed by atoms with Crippen molar-refractivity contribution in [1.82, 2.24) is 9.80 Å². The SMILES string of the molecule is C/C=C\N(C)C1=CC=C(OCCCN(CC)CC(C)CCC)CC=C1.CC.O=C(O)C(=O)O. The van der Waals surface area contributed by atoms with Crippen molar-refractivity contribution < 1.29 is 24.5 Å². The van der Waals surface area contributed by atoms with Gasteiger partial charge < -0.3 is 24.7 Å². The number of hydrogen-bond acceptors (Lipinski definition) is 5. The number of carboxylic acid groups (broad SMARTS) is 2. The van der Waals surface area contributed by atoms with Crippen LogP contribution in [0.4, 0.5) is 0 Å². The maximum Gasteiger partial charge on any atom is 0.414 e. The van der Waals surface area contributed by atoms with Crippen LogP contribution < -0.4 is 0 Å². The number of nitrogens with zero attached hydrogens (tertiary/aromatic N) is 2. The quantitative estimate of drug-likeness (QED) is 0.289. The summed E-state index contributed by atoms with van der Waals surface area (Å²) in [6.07, 6.45) is 17.2. The molecule has 0 fully saturated rings. The average Bonchev–Trinajstić information content (AvgIpc) is 3.03. The molecule has 190 valence electrons. The molecular formula is C26H46N2O5. The van der Waals surface area contributed by atoms with Crippen LogP contribution in [0.2, 0.25) is 0 Å². The van der Waals surface area contributed by atoms with E-state index in [-0.39, 0.29) is 0 Å². The summed E-state index contributed by atoms with van der Waals surface area (Å²) in [6, 6.07) is 0. The maximum atomic E-state index is 9.10. The standard InChI is InChI=1S/C22H38N2O.C2H2O4.C2H6/c1-6-11-20(4)19-24(8-3)17-10-18-25-22-13-9-12-21(14-15-22)23(5)16-7-2;3-1(4)2(5)6;1-2/h7,9,12,14-16,20H,6,8,10-11,13,17-19H2,1-5H3;(H,3,4)(H,5,6);1-2H3/b16-7-;;. The summed E-state index contributed by atoms with van der Waals surface area (Å²) >= 11 is 0. The van der Waals surface area contributed by atoms with E-state index in [9.17, 15) is 0 Å². The third-order valence-corrected chi connectivity index (χ3v) is 4.72. The second-order valence-corrected chi connectivity index (χ2v) is 7.52. The average molecular weight is 467 g/mol. The first-order valence-electron chi connectivity index (χ1n) is 12.0. The number of hydrogen-bond donors (Lipinski definition) is 2. The zero-order chi connectivity index (χ0) is 25.6. The number of likely N-dealkylation sites (N-methyl/N-ethyl adjacent to an activating group) is 1. The predicted octanol–water partition coefficient (Wildman–Crippen LogP) is 5.53. The molecule has 0 aromatic carbocycles. The zero-order valence-corrected chi connectivity index (χ0v) is 21.7. The summed E-state index contributed by atoms with van der Waals surface area (Å²) in [4.78, 5) is 22.9. The normalized spacial score (nSPS) is 13.6. The summed E-state index contributed by atoms with van der Waals surface area (Å²) in [7, 11) is 2.06. The van der Waals surface area contributed by atoms with E-state index >= 15 is 0 Å². The highest BCUT2D eigenvalue weighted by Crippen LogP contribution is 2.15. The molecule has 7 heteroatoms. The number of carboxylic acids is 2. The molecule has 0 saturated carbocycles. The van der Waals surface area contributed by atoms with E-state index < -0.39 is 11.9 Å². The lowest BCUT2D eigenvalue weighted by molar-refractivity contribution is -0.159. The monoisotopic (exact) mass is 466 g/mol. The Morgan fingerprint density at radius 2 is 1.82 bits per heavy atom. The van der Waals surface area contributed by atoms with Crippen molar-refractivity contribution in [2.24, 2.45) is 5.92 Å². The van der Waals surface area contributed by atoms with Crippen molar-refractivity contribution in [3.05, 3.63) is 48.0 Å². The summed E-state index contributed by atoms with van der Waals surface area (Å²) < 4.78 is 6.00. The molecule has 0 heterocycles. The summed E-state index contributed by atoms with van der Waals surface area (Å²) in [5, 5.41) is 14.8. The Morgan fingerprint density at radius 1 is 1.18 bits per heavy atom. The molecule has 33 heavy (non-hydrogen) atoms. The fourth-order valence-electron chi connectivity index (χ4n) is 3.14. The third kappa shape index (κ3) is 17.7. The molecule has 1 aliphatic rings. The van der Waals surface area contributed by atoms with Gasteiger partial charge in [0.15, 0.2) is 0 Å². The molecule has 1 unspecified atom stereocenters. The van der Waals surface area contributed by atoms with Gasteiger partial charge >= 0.3 is 11.9 Å². The fourth-order valence-corrected chi connectivity index (χ4v) is 3.14. The first kappa shape index (κ1) is 32.6. The number of carbonyl (C=O) groups is 2. The number of allylic oxidation sites excluding steroid dienone is 5. The van der Waals surface area contributed by atoms with Crippen LogP contribution in [0.15, 0.2) is 48.0 Å². The molecule has 7 nitrogen and oxygen atoms in total. The van der Waals surface area contributed by atoms with Crippen LogP contribution in [0, 0.1) is 5.92 Å². The minimum Gasteiger partial charge on any atom is -0.498 e. The second kappa shape index (κ2) is 21.3. The Hall–Kier alpha value is -2.54. The topological polar surface area (TPSA) is 90.3 Å². The Labute approximate surface area is 201 Å². The van der Waals surface area contributed by atoms with Crippen LogP contribution >= 0.6 is 0 Å². The van der Waals surface area contributed by atoms with E-state index in [0.29, 0.717) is 0 Å². The number of aliphatic carboxylic acids is 2. The van der Waals surface area contributed by atoms with Gasteiger partial charge in [-0.2, -0.15) is 0 Å². The van der Waals surface area contributed by atoms with E-state index in [1.807, 2.05) is 26.8 Å². The van der Waals surface area contributed by atoms with Gasteiger partial charge in [0, 0.05) is 32.3 Å².